The van der Waals surface area contributed by atoms with Crippen molar-refractivity contribution >= 4 is 5.97 Å². The molecule has 184 valence electrons. The first-order chi connectivity index (χ1) is 16.3. The molecule has 2 atom stereocenters. The minimum Gasteiger partial charge on any atom is -0.480 e. The normalized spacial score (nSPS) is 22.0. The minimum absolute atomic E-state index is 0.421. The third-order valence-electron chi connectivity index (χ3n) is 7.43. The molecule has 2 aromatic rings. The van der Waals surface area contributed by atoms with Gasteiger partial charge in [0.05, 0.1) is 5.60 Å². The van der Waals surface area contributed by atoms with E-state index in [0.29, 0.717) is 31.6 Å². The van der Waals surface area contributed by atoms with Crippen molar-refractivity contribution in [1.29, 1.82) is 0 Å². The highest BCUT2D eigenvalue weighted by molar-refractivity contribution is 5.75. The third kappa shape index (κ3) is 6.20. The average molecular weight is 473 g/mol. The van der Waals surface area contributed by atoms with Crippen molar-refractivity contribution in [3.63, 3.8) is 0 Å². The number of hydrogen-bond donors (Lipinski definition) is 2. The van der Waals surface area contributed by atoms with Crippen molar-refractivity contribution in [3.05, 3.63) is 71.3 Å². The molecule has 0 aromatic heterocycles. The summed E-state index contributed by atoms with van der Waals surface area (Å²) in [4.78, 5) is 16.4. The third-order valence-corrected chi connectivity index (χ3v) is 7.43. The van der Waals surface area contributed by atoms with Gasteiger partial charge in [-0.25, -0.2) is 8.78 Å². The zero-order chi connectivity index (χ0) is 24.1. The molecule has 2 fully saturated rings. The molecule has 2 N–H and O–H groups in total. The number of hydrogen-bond acceptors (Lipinski definition) is 4. The summed E-state index contributed by atoms with van der Waals surface area (Å²) in [6, 6.07) is 12.8. The summed E-state index contributed by atoms with van der Waals surface area (Å²) in [5.74, 6) is -2.05. The molecule has 34 heavy (non-hydrogen) atoms. The molecule has 0 radical (unpaired) electrons. The number of rotatable bonds is 9. The summed E-state index contributed by atoms with van der Waals surface area (Å²) in [6.45, 7) is 4.10. The monoisotopic (exact) mass is 472 g/mol. The molecule has 2 heterocycles. The van der Waals surface area contributed by atoms with Crippen LogP contribution in [-0.2, 0) is 11.2 Å². The molecule has 2 aliphatic heterocycles. The Balaban J connectivity index is 1.21. The first kappa shape index (κ1) is 24.8. The minimum atomic E-state index is -0.835. The SMILES string of the molecule is O=C(O)C(c1ccccc1)N1CCC(CN2CCC(O)(CCCc3ccc(F)c(F)c3)CC2)C1. The first-order valence-corrected chi connectivity index (χ1v) is 12.2. The number of benzene rings is 2. The van der Waals surface area contributed by atoms with Crippen LogP contribution >= 0.6 is 0 Å². The molecule has 0 aliphatic carbocycles. The van der Waals surface area contributed by atoms with E-state index in [2.05, 4.69) is 9.80 Å². The second-order valence-electron chi connectivity index (χ2n) is 9.93. The van der Waals surface area contributed by atoms with E-state index in [1.165, 1.54) is 6.07 Å². The Morgan fingerprint density at radius 1 is 1.06 bits per heavy atom. The van der Waals surface area contributed by atoms with Crippen LogP contribution in [0.4, 0.5) is 8.78 Å². The number of aryl methyl sites for hydroxylation is 1. The summed E-state index contributed by atoms with van der Waals surface area (Å²) in [5, 5.41) is 20.8. The van der Waals surface area contributed by atoms with Gasteiger partial charge in [-0.15, -0.1) is 0 Å². The van der Waals surface area contributed by atoms with E-state index in [1.807, 2.05) is 30.3 Å². The number of carbonyl (C=O) groups is 1. The number of likely N-dealkylation sites (tertiary alicyclic amines) is 2. The number of halogens is 2. The fourth-order valence-corrected chi connectivity index (χ4v) is 5.47. The quantitative estimate of drug-likeness (QED) is 0.571. The van der Waals surface area contributed by atoms with Gasteiger partial charge in [-0.3, -0.25) is 9.69 Å². The van der Waals surface area contributed by atoms with E-state index < -0.39 is 29.2 Å². The lowest BCUT2D eigenvalue weighted by atomic mass is 9.85. The predicted octanol–water partition coefficient (Wildman–Crippen LogP) is 4.26. The average Bonchev–Trinajstić information content (AvgIpc) is 3.26. The Bertz CT molecular complexity index is 964. The summed E-state index contributed by atoms with van der Waals surface area (Å²) >= 11 is 0. The molecule has 2 aliphatic rings. The van der Waals surface area contributed by atoms with E-state index in [4.69, 9.17) is 0 Å². The van der Waals surface area contributed by atoms with Gasteiger partial charge in [0, 0.05) is 26.2 Å². The van der Waals surface area contributed by atoms with Crippen molar-refractivity contribution in [3.8, 4) is 0 Å². The van der Waals surface area contributed by atoms with Crippen LogP contribution in [0.1, 0.15) is 49.3 Å². The first-order valence-electron chi connectivity index (χ1n) is 12.2. The Morgan fingerprint density at radius 2 is 1.79 bits per heavy atom. The summed E-state index contributed by atoms with van der Waals surface area (Å²) < 4.78 is 26.5. The predicted molar refractivity (Wildman–Crippen MR) is 126 cm³/mol. The van der Waals surface area contributed by atoms with Gasteiger partial charge in [-0.1, -0.05) is 36.4 Å². The van der Waals surface area contributed by atoms with Crippen molar-refractivity contribution in [2.45, 2.75) is 50.2 Å². The summed E-state index contributed by atoms with van der Waals surface area (Å²) in [6.07, 6.45) is 4.37. The van der Waals surface area contributed by atoms with Crippen molar-refractivity contribution in [2.75, 3.05) is 32.7 Å². The van der Waals surface area contributed by atoms with E-state index in [1.54, 1.807) is 6.07 Å². The van der Waals surface area contributed by atoms with Crippen molar-refractivity contribution in [2.24, 2.45) is 5.92 Å². The topological polar surface area (TPSA) is 64.0 Å². The maximum atomic E-state index is 13.4. The Hall–Kier alpha value is -2.35. The smallest absolute Gasteiger partial charge is 0.325 e. The Morgan fingerprint density at radius 3 is 2.47 bits per heavy atom. The lowest BCUT2D eigenvalue weighted by Gasteiger charge is -2.39. The Kier molecular flexibility index (Phi) is 7.96. The van der Waals surface area contributed by atoms with Crippen LogP contribution < -0.4 is 0 Å². The van der Waals surface area contributed by atoms with Crippen LogP contribution in [0.3, 0.4) is 0 Å². The van der Waals surface area contributed by atoms with E-state index in [-0.39, 0.29) is 0 Å². The van der Waals surface area contributed by atoms with Crippen LogP contribution in [0, 0.1) is 17.6 Å². The van der Waals surface area contributed by atoms with Crippen LogP contribution in [-0.4, -0.2) is 64.3 Å². The standard InChI is InChI=1S/C27H34F2N2O3/c28-23-9-8-20(17-24(23)29)5-4-11-27(34)12-15-30(16-13-27)18-21-10-14-31(19-21)25(26(32)33)22-6-2-1-3-7-22/h1-3,6-9,17,21,25,34H,4-5,10-16,18-19H2,(H,32,33). The fourth-order valence-electron chi connectivity index (χ4n) is 5.47. The second kappa shape index (κ2) is 10.9. The highest BCUT2D eigenvalue weighted by Crippen LogP contribution is 2.31. The summed E-state index contributed by atoms with van der Waals surface area (Å²) in [7, 11) is 0. The molecule has 2 unspecified atom stereocenters. The largest absolute Gasteiger partial charge is 0.480 e. The molecule has 7 heteroatoms. The fraction of sp³-hybridized carbons (Fsp3) is 0.519. The molecule has 2 saturated heterocycles. The van der Waals surface area contributed by atoms with E-state index >= 15 is 0 Å². The maximum Gasteiger partial charge on any atom is 0.325 e. The number of aliphatic carboxylic acids is 1. The van der Waals surface area contributed by atoms with Gasteiger partial charge >= 0.3 is 5.97 Å². The van der Waals surface area contributed by atoms with Crippen LogP contribution in [0.15, 0.2) is 48.5 Å². The van der Waals surface area contributed by atoms with Gasteiger partial charge in [0.2, 0.25) is 0 Å². The van der Waals surface area contributed by atoms with E-state index in [0.717, 1.165) is 62.8 Å². The van der Waals surface area contributed by atoms with Crippen LogP contribution in [0.2, 0.25) is 0 Å². The zero-order valence-electron chi connectivity index (χ0n) is 19.5. The lowest BCUT2D eigenvalue weighted by Crippen LogP contribution is -2.46. The summed E-state index contributed by atoms with van der Waals surface area (Å²) in [5.41, 5.74) is 0.862. The Labute approximate surface area is 200 Å². The number of nitrogens with zero attached hydrogens (tertiary/aromatic N) is 2. The molecule has 4 rings (SSSR count). The van der Waals surface area contributed by atoms with Gasteiger partial charge in [0.15, 0.2) is 11.6 Å². The zero-order valence-corrected chi connectivity index (χ0v) is 19.5. The van der Waals surface area contributed by atoms with Gasteiger partial charge in [0.25, 0.3) is 0 Å². The van der Waals surface area contributed by atoms with Gasteiger partial charge < -0.3 is 15.1 Å². The molecule has 0 bridgehead atoms. The number of aliphatic hydroxyl groups is 1. The molecule has 0 amide bonds. The number of carboxylic acids is 1. The molecule has 2 aromatic carbocycles. The molecular formula is C27H34F2N2O3. The maximum absolute atomic E-state index is 13.4. The van der Waals surface area contributed by atoms with Gasteiger partial charge in [-0.2, -0.15) is 0 Å². The van der Waals surface area contributed by atoms with Crippen molar-refractivity contribution < 1.29 is 23.8 Å². The lowest BCUT2D eigenvalue weighted by molar-refractivity contribution is -0.143. The molecule has 0 saturated carbocycles. The highest BCUT2D eigenvalue weighted by atomic mass is 19.2. The molecule has 0 spiro atoms. The van der Waals surface area contributed by atoms with E-state index in [9.17, 15) is 23.8 Å². The molecule has 5 nitrogen and oxygen atoms in total. The molecular weight excluding hydrogens is 438 g/mol. The number of piperidine rings is 1. The van der Waals surface area contributed by atoms with Crippen LogP contribution in [0.25, 0.3) is 0 Å². The van der Waals surface area contributed by atoms with Crippen molar-refractivity contribution in [1.82, 2.24) is 9.80 Å². The van der Waals surface area contributed by atoms with Crippen LogP contribution in [0.5, 0.6) is 0 Å². The van der Waals surface area contributed by atoms with Gasteiger partial charge in [0.1, 0.15) is 6.04 Å². The highest BCUT2D eigenvalue weighted by Gasteiger charge is 2.36. The van der Waals surface area contributed by atoms with Gasteiger partial charge in [-0.05, 0) is 74.2 Å². The number of carboxylic acid groups (broad SMARTS) is 1. The second-order valence-corrected chi connectivity index (χ2v) is 9.93.